The number of amides is 3. The number of nitrogens with zero attached hydrogens (tertiary/aromatic N) is 2. The number of hydrogen-bond acceptors (Lipinski definition) is 5. The molecule has 2 aliphatic heterocycles. The molecule has 2 aromatic rings. The Kier molecular flexibility index (Phi) is 5.69. The predicted molar refractivity (Wildman–Crippen MR) is 106 cm³/mol. The van der Waals surface area contributed by atoms with Crippen LogP contribution in [0, 0.1) is 0 Å². The molecular weight excluding hydrogens is 370 g/mol. The molecule has 0 saturated carbocycles. The number of ether oxygens (including phenoxy) is 1. The minimum atomic E-state index is -0.426. The lowest BCUT2D eigenvalue weighted by Gasteiger charge is -2.31. The number of carbonyl (C=O) groups excluding carboxylic acids is 3. The fraction of sp³-hybridized carbons (Fsp3) is 0.318. The highest BCUT2D eigenvalue weighted by molar-refractivity contribution is 6.22. The summed E-state index contributed by atoms with van der Waals surface area (Å²) < 4.78 is 5.40. The summed E-state index contributed by atoms with van der Waals surface area (Å²) in [5.41, 5.74) is 1.67. The number of fused-ring (bicyclic) bond motifs is 1. The van der Waals surface area contributed by atoms with Crippen molar-refractivity contribution in [2.45, 2.75) is 6.04 Å². The molecule has 1 saturated heterocycles. The van der Waals surface area contributed by atoms with Gasteiger partial charge in [0.15, 0.2) is 0 Å². The van der Waals surface area contributed by atoms with Crippen LogP contribution in [-0.4, -0.2) is 66.9 Å². The highest BCUT2D eigenvalue weighted by Crippen LogP contribution is 2.22. The van der Waals surface area contributed by atoms with E-state index in [1.165, 1.54) is 0 Å². The summed E-state index contributed by atoms with van der Waals surface area (Å²) >= 11 is 0. The van der Waals surface area contributed by atoms with Crippen molar-refractivity contribution in [3.05, 3.63) is 71.3 Å². The van der Waals surface area contributed by atoms with Gasteiger partial charge in [0.05, 0.1) is 30.4 Å². The van der Waals surface area contributed by atoms with Crippen molar-refractivity contribution in [1.82, 2.24) is 15.1 Å². The van der Waals surface area contributed by atoms with Crippen LogP contribution in [0.1, 0.15) is 32.3 Å². The van der Waals surface area contributed by atoms with Crippen LogP contribution in [0.15, 0.2) is 54.6 Å². The quantitative estimate of drug-likeness (QED) is 0.752. The van der Waals surface area contributed by atoms with E-state index in [4.69, 9.17) is 4.74 Å². The molecule has 4 rings (SSSR count). The fourth-order valence-electron chi connectivity index (χ4n) is 3.73. The van der Waals surface area contributed by atoms with Gasteiger partial charge in [-0.1, -0.05) is 42.5 Å². The fourth-order valence-corrected chi connectivity index (χ4v) is 3.73. The number of nitrogens with one attached hydrogen (secondary N) is 1. The van der Waals surface area contributed by atoms with Gasteiger partial charge >= 0.3 is 0 Å². The van der Waals surface area contributed by atoms with Gasteiger partial charge in [0.25, 0.3) is 11.8 Å². The molecule has 2 aliphatic rings. The third-order valence-electron chi connectivity index (χ3n) is 5.26. The molecule has 0 aliphatic carbocycles. The molecule has 2 heterocycles. The summed E-state index contributed by atoms with van der Waals surface area (Å²) in [6, 6.07) is 16.1. The molecule has 1 atom stereocenters. The number of hydrogen-bond donors (Lipinski definition) is 1. The van der Waals surface area contributed by atoms with Crippen LogP contribution in [-0.2, 0) is 9.53 Å². The standard InChI is InChI=1S/C22H23N3O4/c26-20(15-25-21(27)17-8-4-5-9-18(17)22(25)28)23-19(16-6-2-1-3-7-16)14-24-10-12-29-13-11-24/h1-9,19H,10-15H2,(H,23,26)/t19-/m0/s1. The zero-order chi connectivity index (χ0) is 20.2. The third-order valence-corrected chi connectivity index (χ3v) is 5.26. The Morgan fingerprint density at radius 2 is 1.52 bits per heavy atom. The highest BCUT2D eigenvalue weighted by atomic mass is 16.5. The first-order valence-electron chi connectivity index (χ1n) is 9.73. The third kappa shape index (κ3) is 4.21. The second-order valence-corrected chi connectivity index (χ2v) is 7.19. The Balaban J connectivity index is 1.45. The molecule has 0 aromatic heterocycles. The molecule has 29 heavy (non-hydrogen) atoms. The number of carbonyl (C=O) groups is 3. The number of morpholine rings is 1. The Labute approximate surface area is 169 Å². The van der Waals surface area contributed by atoms with Gasteiger partial charge in [-0.15, -0.1) is 0 Å². The Morgan fingerprint density at radius 1 is 0.931 bits per heavy atom. The van der Waals surface area contributed by atoms with Crippen molar-refractivity contribution in [2.24, 2.45) is 0 Å². The van der Waals surface area contributed by atoms with Crippen LogP contribution in [0.5, 0.6) is 0 Å². The van der Waals surface area contributed by atoms with Gasteiger partial charge in [-0.2, -0.15) is 0 Å². The van der Waals surface area contributed by atoms with Gasteiger partial charge in [-0.3, -0.25) is 24.2 Å². The number of benzene rings is 2. The Morgan fingerprint density at radius 3 is 2.14 bits per heavy atom. The Bertz CT molecular complexity index is 874. The van der Waals surface area contributed by atoms with Gasteiger partial charge in [0, 0.05) is 19.6 Å². The van der Waals surface area contributed by atoms with Gasteiger partial charge < -0.3 is 10.1 Å². The minimum absolute atomic E-state index is 0.239. The van der Waals surface area contributed by atoms with E-state index >= 15 is 0 Å². The molecule has 7 heteroatoms. The first-order chi connectivity index (χ1) is 14.1. The van der Waals surface area contributed by atoms with E-state index in [0.29, 0.717) is 30.9 Å². The molecule has 0 bridgehead atoms. The lowest BCUT2D eigenvalue weighted by atomic mass is 10.1. The second-order valence-electron chi connectivity index (χ2n) is 7.19. The van der Waals surface area contributed by atoms with Crippen LogP contribution < -0.4 is 5.32 Å². The molecule has 0 spiro atoms. The molecule has 3 amide bonds. The predicted octanol–water partition coefficient (Wildman–Crippen LogP) is 1.47. The summed E-state index contributed by atoms with van der Waals surface area (Å²) in [6.45, 7) is 3.30. The minimum Gasteiger partial charge on any atom is -0.379 e. The van der Waals surface area contributed by atoms with Crippen molar-refractivity contribution in [2.75, 3.05) is 39.4 Å². The van der Waals surface area contributed by atoms with E-state index in [1.807, 2.05) is 30.3 Å². The number of imide groups is 1. The normalized spacial score (nSPS) is 17.9. The average molecular weight is 393 g/mol. The molecule has 0 radical (unpaired) electrons. The van der Waals surface area contributed by atoms with Crippen LogP contribution in [0.2, 0.25) is 0 Å². The SMILES string of the molecule is O=C(CN1C(=O)c2ccccc2C1=O)N[C@@H](CN1CCOCC1)c1ccccc1. The second kappa shape index (κ2) is 8.55. The number of rotatable bonds is 6. The summed E-state index contributed by atoms with van der Waals surface area (Å²) in [7, 11) is 0. The molecular formula is C22H23N3O4. The summed E-state index contributed by atoms with van der Waals surface area (Å²) in [6.07, 6.45) is 0. The van der Waals surface area contributed by atoms with Gasteiger partial charge in [0.2, 0.25) is 5.91 Å². The Hall–Kier alpha value is -3.03. The maximum atomic E-state index is 12.8. The van der Waals surface area contributed by atoms with Crippen LogP contribution in [0.3, 0.4) is 0 Å². The topological polar surface area (TPSA) is 79.0 Å². The van der Waals surface area contributed by atoms with Gasteiger partial charge in [-0.05, 0) is 17.7 Å². The van der Waals surface area contributed by atoms with E-state index in [0.717, 1.165) is 23.6 Å². The maximum absolute atomic E-state index is 12.8. The molecule has 150 valence electrons. The van der Waals surface area contributed by atoms with E-state index in [9.17, 15) is 14.4 Å². The lowest BCUT2D eigenvalue weighted by molar-refractivity contribution is -0.122. The smallest absolute Gasteiger partial charge is 0.262 e. The van der Waals surface area contributed by atoms with E-state index < -0.39 is 11.8 Å². The van der Waals surface area contributed by atoms with Crippen LogP contribution in [0.25, 0.3) is 0 Å². The first-order valence-corrected chi connectivity index (χ1v) is 9.73. The molecule has 1 fully saturated rings. The average Bonchev–Trinajstić information content (AvgIpc) is 3.00. The highest BCUT2D eigenvalue weighted by Gasteiger charge is 2.36. The van der Waals surface area contributed by atoms with Crippen molar-refractivity contribution < 1.29 is 19.1 Å². The van der Waals surface area contributed by atoms with E-state index in [1.54, 1.807) is 24.3 Å². The van der Waals surface area contributed by atoms with Crippen LogP contribution >= 0.6 is 0 Å². The zero-order valence-electron chi connectivity index (χ0n) is 16.0. The summed E-state index contributed by atoms with van der Waals surface area (Å²) in [4.78, 5) is 41.1. The summed E-state index contributed by atoms with van der Waals surface area (Å²) in [5.74, 6) is -1.21. The molecule has 1 N–H and O–H groups in total. The molecule has 2 aromatic carbocycles. The van der Waals surface area contributed by atoms with Crippen molar-refractivity contribution in [1.29, 1.82) is 0 Å². The van der Waals surface area contributed by atoms with Crippen molar-refractivity contribution in [3.63, 3.8) is 0 Å². The van der Waals surface area contributed by atoms with Crippen molar-refractivity contribution in [3.8, 4) is 0 Å². The largest absolute Gasteiger partial charge is 0.379 e. The monoisotopic (exact) mass is 393 g/mol. The molecule has 7 nitrogen and oxygen atoms in total. The zero-order valence-corrected chi connectivity index (χ0v) is 16.0. The van der Waals surface area contributed by atoms with Crippen LogP contribution in [0.4, 0.5) is 0 Å². The van der Waals surface area contributed by atoms with Gasteiger partial charge in [0.1, 0.15) is 6.54 Å². The maximum Gasteiger partial charge on any atom is 0.262 e. The molecule has 0 unspecified atom stereocenters. The van der Waals surface area contributed by atoms with Crippen molar-refractivity contribution >= 4 is 17.7 Å². The summed E-state index contributed by atoms with van der Waals surface area (Å²) in [5, 5.41) is 3.01. The lowest BCUT2D eigenvalue weighted by Crippen LogP contribution is -2.46. The first kappa shape index (κ1) is 19.3. The van der Waals surface area contributed by atoms with E-state index in [2.05, 4.69) is 10.2 Å². The van der Waals surface area contributed by atoms with Gasteiger partial charge in [-0.25, -0.2) is 0 Å². The van der Waals surface area contributed by atoms with E-state index in [-0.39, 0.29) is 18.5 Å².